The van der Waals surface area contributed by atoms with Crippen LogP contribution in [0, 0.1) is 27.7 Å². The van der Waals surface area contributed by atoms with E-state index in [2.05, 4.69) is 5.16 Å². The molecule has 186 valence electrons. The van der Waals surface area contributed by atoms with Gasteiger partial charge in [0.05, 0.1) is 47.3 Å². The molecule has 1 amide bonds. The maximum absolute atomic E-state index is 13.9. The molecule has 0 atom stereocenters. The van der Waals surface area contributed by atoms with Gasteiger partial charge in [0.25, 0.3) is 5.91 Å². The molecule has 3 aromatic carbocycles. The molecule has 3 aromatic rings. The first-order chi connectivity index (χ1) is 17.0. The van der Waals surface area contributed by atoms with E-state index in [4.69, 9.17) is 74.5 Å². The minimum Gasteiger partial charge on any atom is -0.267 e. The van der Waals surface area contributed by atoms with Gasteiger partial charge in [-0.05, 0) is 67.2 Å². The Bertz CT molecular complexity index is 1450. The van der Waals surface area contributed by atoms with Crippen LogP contribution >= 0.6 is 69.6 Å². The van der Waals surface area contributed by atoms with Crippen molar-refractivity contribution in [1.29, 1.82) is 0 Å². The highest BCUT2D eigenvalue weighted by Gasteiger charge is 2.48. The zero-order valence-electron chi connectivity index (χ0n) is 19.2. The fourth-order valence-corrected chi connectivity index (χ4v) is 5.90. The molecule has 0 aromatic heterocycles. The topological polar surface area (TPSA) is 48.4 Å². The van der Waals surface area contributed by atoms with Crippen LogP contribution in [0.3, 0.4) is 0 Å². The molecular weight excluding hydrogens is 589 g/mol. The van der Waals surface area contributed by atoms with Crippen molar-refractivity contribution in [3.8, 4) is 0 Å². The molecule has 0 spiro atoms. The molecule has 0 fully saturated rings. The summed E-state index contributed by atoms with van der Waals surface area (Å²) in [7, 11) is 0. The van der Waals surface area contributed by atoms with Crippen molar-refractivity contribution >= 4 is 92.7 Å². The maximum Gasteiger partial charge on any atom is 0.280 e. The summed E-state index contributed by atoms with van der Waals surface area (Å²) in [5, 5.41) is 8.72. The Morgan fingerprint density at radius 3 is 1.78 bits per heavy atom. The number of benzene rings is 3. The molecule has 6 nitrogen and oxygen atoms in total. The van der Waals surface area contributed by atoms with Crippen molar-refractivity contribution in [2.45, 2.75) is 27.7 Å². The number of fused-ring (bicyclic) bond motifs is 3. The van der Waals surface area contributed by atoms with Gasteiger partial charge in [0.15, 0.2) is 0 Å². The van der Waals surface area contributed by atoms with Gasteiger partial charge >= 0.3 is 0 Å². The zero-order chi connectivity index (χ0) is 26.2. The summed E-state index contributed by atoms with van der Waals surface area (Å²) in [6.45, 7) is 7.84. The molecule has 2 aliphatic rings. The van der Waals surface area contributed by atoms with E-state index in [1.807, 2.05) is 39.8 Å². The number of amidine groups is 1. The summed E-state index contributed by atoms with van der Waals surface area (Å²) in [5.74, 6) is -0.159. The molecule has 0 radical (unpaired) electrons. The minimum absolute atomic E-state index is 0.0456. The summed E-state index contributed by atoms with van der Waals surface area (Å²) in [6.07, 6.45) is 0. The molecule has 0 N–H and O–H groups in total. The number of nitrogens with zero attached hydrogens (tertiary/aromatic N) is 4. The van der Waals surface area contributed by atoms with E-state index < -0.39 is 5.91 Å². The van der Waals surface area contributed by atoms with E-state index >= 15 is 0 Å². The second kappa shape index (κ2) is 9.14. The predicted octanol–water partition coefficient (Wildman–Crippen LogP) is 8.75. The fourth-order valence-electron chi connectivity index (χ4n) is 4.32. The van der Waals surface area contributed by atoms with Gasteiger partial charge in [-0.2, -0.15) is 10.0 Å². The third-order valence-corrected chi connectivity index (χ3v) is 9.30. The van der Waals surface area contributed by atoms with Gasteiger partial charge in [-0.3, -0.25) is 9.73 Å². The molecule has 5 rings (SSSR count). The number of amides is 1. The number of carbonyl (C=O) groups is 1. The monoisotopic (exact) mass is 602 g/mol. The Kier molecular flexibility index (Phi) is 6.53. The number of oxime groups is 1. The van der Waals surface area contributed by atoms with Crippen molar-refractivity contribution in [3.63, 3.8) is 0 Å². The van der Waals surface area contributed by atoms with Crippen molar-refractivity contribution in [2.75, 3.05) is 10.0 Å². The zero-order valence-corrected chi connectivity index (χ0v) is 23.7. The average Bonchev–Trinajstić information content (AvgIpc) is 3.42. The average molecular weight is 605 g/mol. The molecular formula is C24H16Cl6N4O2. The van der Waals surface area contributed by atoms with Crippen molar-refractivity contribution in [1.82, 2.24) is 5.28 Å². The maximum atomic E-state index is 13.9. The molecule has 0 unspecified atom stereocenters. The van der Waals surface area contributed by atoms with Gasteiger partial charge in [0.2, 0.25) is 5.84 Å². The summed E-state index contributed by atoms with van der Waals surface area (Å²) in [6, 6.07) is 7.23. The predicted molar refractivity (Wildman–Crippen MR) is 147 cm³/mol. The smallest absolute Gasteiger partial charge is 0.267 e. The van der Waals surface area contributed by atoms with Crippen molar-refractivity contribution < 1.29 is 9.73 Å². The second-order valence-electron chi connectivity index (χ2n) is 8.30. The van der Waals surface area contributed by atoms with E-state index in [9.17, 15) is 4.79 Å². The van der Waals surface area contributed by atoms with Crippen LogP contribution in [0.4, 0.5) is 11.4 Å². The van der Waals surface area contributed by atoms with Gasteiger partial charge < -0.3 is 0 Å². The van der Waals surface area contributed by atoms with Crippen LogP contribution < -0.4 is 10.0 Å². The van der Waals surface area contributed by atoms with Crippen LogP contribution in [0.2, 0.25) is 30.1 Å². The van der Waals surface area contributed by atoms with E-state index in [0.29, 0.717) is 22.2 Å². The Balaban J connectivity index is 1.67. The Labute approximate surface area is 237 Å². The van der Waals surface area contributed by atoms with Crippen molar-refractivity contribution in [2.24, 2.45) is 5.16 Å². The molecule has 36 heavy (non-hydrogen) atoms. The highest BCUT2D eigenvalue weighted by atomic mass is 35.5. The first-order valence-electron chi connectivity index (χ1n) is 10.5. The lowest BCUT2D eigenvalue weighted by Gasteiger charge is -2.26. The quantitative estimate of drug-likeness (QED) is 0.217. The van der Waals surface area contributed by atoms with Gasteiger partial charge in [-0.25, -0.2) is 0 Å². The summed E-state index contributed by atoms with van der Waals surface area (Å²) >= 11 is 38.0. The number of carbonyl (C=O) groups excluding carboxylic acids is 1. The van der Waals surface area contributed by atoms with Crippen LogP contribution in [0.1, 0.15) is 38.2 Å². The van der Waals surface area contributed by atoms with Crippen LogP contribution in [-0.2, 0) is 4.94 Å². The molecule has 0 saturated heterocycles. The van der Waals surface area contributed by atoms with Crippen LogP contribution in [0.15, 0.2) is 29.4 Å². The number of halogens is 6. The van der Waals surface area contributed by atoms with E-state index in [-0.39, 0.29) is 30.7 Å². The minimum atomic E-state index is -0.645. The van der Waals surface area contributed by atoms with E-state index in [1.54, 1.807) is 17.1 Å². The normalized spacial score (nSPS) is 14.7. The van der Waals surface area contributed by atoms with Crippen LogP contribution in [0.5, 0.6) is 0 Å². The number of hydrogen-bond acceptors (Lipinski definition) is 5. The van der Waals surface area contributed by atoms with E-state index in [0.717, 1.165) is 27.8 Å². The number of rotatable bonds is 2. The van der Waals surface area contributed by atoms with Gasteiger partial charge in [-0.15, -0.1) is 0 Å². The van der Waals surface area contributed by atoms with E-state index in [1.165, 1.54) is 10.3 Å². The lowest BCUT2D eigenvalue weighted by Crippen LogP contribution is -2.49. The molecule has 0 saturated carbocycles. The summed E-state index contributed by atoms with van der Waals surface area (Å²) < 4.78 is 0. The second-order valence-corrected chi connectivity index (χ2v) is 10.6. The third kappa shape index (κ3) is 3.51. The Hall–Kier alpha value is -1.90. The van der Waals surface area contributed by atoms with Gasteiger partial charge in [-0.1, -0.05) is 81.7 Å². The number of hydrogen-bond donors (Lipinski definition) is 0. The van der Waals surface area contributed by atoms with Crippen LogP contribution in [0.25, 0.3) is 0 Å². The lowest BCUT2D eigenvalue weighted by atomic mass is 9.93. The first kappa shape index (κ1) is 25.7. The molecule has 0 bridgehead atoms. The number of hydrazine groups is 2. The summed E-state index contributed by atoms with van der Waals surface area (Å²) in [4.78, 5) is 19.6. The fraction of sp³-hybridized carbons (Fsp3) is 0.167. The first-order valence-corrected chi connectivity index (χ1v) is 12.8. The number of para-hydroxylation sites is 2. The Morgan fingerprint density at radius 2 is 1.22 bits per heavy atom. The standard InChI is InChI=1S/C24H16Cl6N4O2/c1-9-11(3)17(25)12(4)10(2)15(9)23-31-36-34-32(23)13-7-5-6-8-14(13)33(34)24(35)16-18(26)20(28)22(30)21(29)19(16)27/h5-8H,1-4H3. The molecule has 12 heteroatoms. The summed E-state index contributed by atoms with van der Waals surface area (Å²) in [5.41, 5.74) is 5.60. The van der Waals surface area contributed by atoms with Crippen molar-refractivity contribution in [3.05, 3.63) is 87.8 Å². The highest BCUT2D eigenvalue weighted by molar-refractivity contribution is 6.56. The SMILES string of the molecule is Cc1c(C)c(C2=NON3N(C(=O)c4c(Cl)c(Cl)c(Cl)c(Cl)c4Cl)c4ccccc4N23)c(C)c(C)c1Cl. The van der Waals surface area contributed by atoms with Gasteiger partial charge in [0, 0.05) is 10.6 Å². The third-order valence-electron chi connectivity index (χ3n) is 6.45. The largest absolute Gasteiger partial charge is 0.280 e. The molecule has 2 aliphatic heterocycles. The van der Waals surface area contributed by atoms with Gasteiger partial charge in [0.1, 0.15) is 0 Å². The molecule has 2 heterocycles. The number of anilines is 2. The lowest BCUT2D eigenvalue weighted by molar-refractivity contribution is -0.135. The molecule has 0 aliphatic carbocycles. The Morgan fingerprint density at radius 1 is 0.722 bits per heavy atom. The highest BCUT2D eigenvalue weighted by Crippen LogP contribution is 2.48. The van der Waals surface area contributed by atoms with Crippen LogP contribution in [-0.4, -0.2) is 17.0 Å².